The topological polar surface area (TPSA) is 27.7 Å². The lowest BCUT2D eigenvalue weighted by atomic mass is 10.2. The first-order valence-corrected chi connectivity index (χ1v) is 4.84. The van der Waals surface area contributed by atoms with Crippen LogP contribution in [-0.4, -0.2) is 36.7 Å². The number of hydrogen-bond donors (Lipinski definition) is 0. The molecular formula is C7H2F14O3. The van der Waals surface area contributed by atoms with Gasteiger partial charge < -0.3 is 0 Å². The number of rotatable bonds is 7. The molecule has 0 aliphatic rings. The molecule has 0 spiro atoms. The van der Waals surface area contributed by atoms with Crippen LogP contribution < -0.4 is 0 Å². The molecule has 1 unspecified atom stereocenters. The lowest BCUT2D eigenvalue weighted by Gasteiger charge is -2.36. The fourth-order valence-electron chi connectivity index (χ4n) is 0.985. The van der Waals surface area contributed by atoms with Gasteiger partial charge in [0.1, 0.15) is 6.42 Å². The van der Waals surface area contributed by atoms with Crippen molar-refractivity contribution in [2.75, 3.05) is 0 Å². The first-order valence-electron chi connectivity index (χ1n) is 4.84. The van der Waals surface area contributed by atoms with E-state index >= 15 is 0 Å². The highest BCUT2D eigenvalue weighted by molar-refractivity contribution is 4.85. The highest BCUT2D eigenvalue weighted by Crippen LogP contribution is 2.50. The third-order valence-corrected chi connectivity index (χ3v) is 1.83. The van der Waals surface area contributed by atoms with Crippen LogP contribution in [0.15, 0.2) is 0 Å². The Balaban J connectivity index is 5.93. The third kappa shape index (κ3) is 5.76. The first-order chi connectivity index (χ1) is 10.2. The number of alkyl halides is 13. The molecule has 146 valence electrons. The van der Waals surface area contributed by atoms with E-state index in [1.54, 1.807) is 4.74 Å². The monoisotopic (exact) mass is 400 g/mol. The summed E-state index contributed by atoms with van der Waals surface area (Å²) in [5.74, 6) is -6.55. The molecule has 1 atom stereocenters. The Morgan fingerprint density at radius 1 is 0.542 bits per heavy atom. The average Bonchev–Trinajstić information content (AvgIpc) is 2.21. The van der Waals surface area contributed by atoms with Crippen molar-refractivity contribution >= 4 is 0 Å². The van der Waals surface area contributed by atoms with Crippen LogP contribution in [0.4, 0.5) is 61.6 Å². The molecule has 3 nitrogen and oxygen atoms in total. The van der Waals surface area contributed by atoms with Crippen molar-refractivity contribution in [3.8, 4) is 0 Å². The number of ether oxygens (including phenoxy) is 2. The van der Waals surface area contributed by atoms with Gasteiger partial charge in [-0.1, -0.05) is 0 Å². The zero-order chi connectivity index (χ0) is 19.8. The van der Waals surface area contributed by atoms with Gasteiger partial charge in [-0.2, -0.15) is 39.5 Å². The fraction of sp³-hybridized carbons (Fsp3) is 1.00. The van der Waals surface area contributed by atoms with Gasteiger partial charge in [0.15, 0.2) is 0 Å². The molecule has 0 aliphatic carbocycles. The molecule has 0 aromatic rings. The van der Waals surface area contributed by atoms with E-state index in [0.29, 0.717) is 0 Å². The maximum Gasteiger partial charge on any atom is 0.527 e. The minimum Gasteiger partial charge on any atom is -0.267 e. The second-order valence-electron chi connectivity index (χ2n) is 3.80. The Morgan fingerprint density at radius 2 is 0.958 bits per heavy atom. The second kappa shape index (κ2) is 6.32. The standard InChI is InChI=1S/C7H2F14O3/c8-2(1-3(9,10)11,4(12,13)23-7(18,19)20)22-5(14,15)6(16,17)24-21/h1H2. The van der Waals surface area contributed by atoms with Crippen LogP contribution in [0.25, 0.3) is 0 Å². The Morgan fingerprint density at radius 3 is 1.25 bits per heavy atom. The van der Waals surface area contributed by atoms with E-state index < -0.39 is 43.1 Å². The first kappa shape index (κ1) is 22.9. The summed E-state index contributed by atoms with van der Waals surface area (Å²) in [4.78, 5) is 1.23. The zero-order valence-corrected chi connectivity index (χ0v) is 10.2. The van der Waals surface area contributed by atoms with Crippen LogP contribution in [0.1, 0.15) is 6.42 Å². The van der Waals surface area contributed by atoms with Gasteiger partial charge in [0, 0.05) is 0 Å². The van der Waals surface area contributed by atoms with E-state index in [9.17, 15) is 61.6 Å². The SMILES string of the molecule is FOC(F)(F)C(F)(F)OC(F)(CC(F)(F)F)C(F)(F)OC(F)(F)F. The summed E-state index contributed by atoms with van der Waals surface area (Å²) < 4.78 is 174. The predicted octanol–water partition coefficient (Wildman–Crippen LogP) is 4.84. The lowest BCUT2D eigenvalue weighted by Crippen LogP contribution is -2.59. The van der Waals surface area contributed by atoms with Crippen molar-refractivity contribution in [1.29, 1.82) is 0 Å². The molecule has 0 saturated heterocycles. The van der Waals surface area contributed by atoms with Gasteiger partial charge in [0.05, 0.1) is 0 Å². The maximum atomic E-state index is 13.4. The molecular weight excluding hydrogens is 398 g/mol. The van der Waals surface area contributed by atoms with Crippen molar-refractivity contribution < 1.29 is 76.0 Å². The van der Waals surface area contributed by atoms with E-state index in [4.69, 9.17) is 0 Å². The molecule has 0 radical (unpaired) electrons. The third-order valence-electron chi connectivity index (χ3n) is 1.83. The molecule has 0 bridgehead atoms. The van der Waals surface area contributed by atoms with Crippen LogP contribution in [0.5, 0.6) is 0 Å². The van der Waals surface area contributed by atoms with Gasteiger partial charge in [-0.25, -0.2) is 9.13 Å². The van der Waals surface area contributed by atoms with Crippen molar-refractivity contribution in [2.24, 2.45) is 0 Å². The molecule has 0 aromatic carbocycles. The van der Waals surface area contributed by atoms with Gasteiger partial charge in [-0.05, 0) is 4.53 Å². The highest BCUT2D eigenvalue weighted by Gasteiger charge is 2.74. The summed E-state index contributed by atoms with van der Waals surface area (Å²) in [5, 5.41) is 0. The lowest BCUT2D eigenvalue weighted by molar-refractivity contribution is -0.548. The zero-order valence-electron chi connectivity index (χ0n) is 10.2. The summed E-state index contributed by atoms with van der Waals surface area (Å²) in [5.41, 5.74) is 0. The Kier molecular flexibility index (Phi) is 6.03. The van der Waals surface area contributed by atoms with Crippen molar-refractivity contribution in [3.05, 3.63) is 0 Å². The van der Waals surface area contributed by atoms with E-state index in [-0.39, 0.29) is 0 Å². The summed E-state index contributed by atoms with van der Waals surface area (Å²) in [6.07, 6.45) is -37.3. The molecule has 24 heavy (non-hydrogen) atoms. The normalized spacial score (nSPS) is 17.8. The van der Waals surface area contributed by atoms with Crippen molar-refractivity contribution in [3.63, 3.8) is 0 Å². The van der Waals surface area contributed by atoms with Gasteiger partial charge in [0.25, 0.3) is 0 Å². The molecule has 0 N–H and O–H groups in total. The minimum atomic E-state index is -6.91. The van der Waals surface area contributed by atoms with Crippen LogP contribution in [0.3, 0.4) is 0 Å². The molecule has 0 saturated carbocycles. The largest absolute Gasteiger partial charge is 0.527 e. The highest BCUT2D eigenvalue weighted by atomic mass is 19.4. The predicted molar refractivity (Wildman–Crippen MR) is 39.8 cm³/mol. The van der Waals surface area contributed by atoms with Crippen molar-refractivity contribution in [2.45, 2.75) is 43.1 Å². The molecule has 0 aromatic heterocycles. The van der Waals surface area contributed by atoms with Crippen molar-refractivity contribution in [1.82, 2.24) is 0 Å². The smallest absolute Gasteiger partial charge is 0.267 e. The van der Waals surface area contributed by atoms with Crippen LogP contribution in [-0.2, 0) is 14.4 Å². The van der Waals surface area contributed by atoms with Gasteiger partial charge in [-0.15, -0.1) is 18.1 Å². The number of halogens is 14. The molecule has 0 aliphatic heterocycles. The molecule has 17 heteroatoms. The van der Waals surface area contributed by atoms with E-state index in [1.807, 2.05) is 4.74 Å². The molecule has 0 fully saturated rings. The van der Waals surface area contributed by atoms with E-state index in [0.717, 1.165) is 0 Å². The average molecular weight is 400 g/mol. The summed E-state index contributed by atoms with van der Waals surface area (Å²) in [6.45, 7) is 0. The maximum absolute atomic E-state index is 13.4. The molecule has 0 heterocycles. The van der Waals surface area contributed by atoms with Gasteiger partial charge >= 0.3 is 36.7 Å². The summed E-state index contributed by atoms with van der Waals surface area (Å²) in [6, 6.07) is 0. The summed E-state index contributed by atoms with van der Waals surface area (Å²) >= 11 is 0. The van der Waals surface area contributed by atoms with Crippen LogP contribution in [0, 0.1) is 0 Å². The van der Waals surface area contributed by atoms with Crippen LogP contribution in [0.2, 0.25) is 0 Å². The second-order valence-corrected chi connectivity index (χ2v) is 3.80. The quantitative estimate of drug-likeness (QED) is 0.573. The van der Waals surface area contributed by atoms with Crippen LogP contribution >= 0.6 is 0 Å². The summed E-state index contributed by atoms with van der Waals surface area (Å²) in [7, 11) is 0. The van der Waals surface area contributed by atoms with E-state index in [2.05, 4.69) is 0 Å². The molecule has 0 amide bonds. The Hall–Kier alpha value is -1.10. The Labute approximate surface area is 120 Å². The number of hydrogen-bond acceptors (Lipinski definition) is 3. The van der Waals surface area contributed by atoms with Gasteiger partial charge in [0.2, 0.25) is 0 Å². The Bertz CT molecular complexity index is 427. The van der Waals surface area contributed by atoms with Gasteiger partial charge in [-0.3, -0.25) is 4.74 Å². The fourth-order valence-corrected chi connectivity index (χ4v) is 0.985. The minimum absolute atomic E-state index is 1.23. The van der Waals surface area contributed by atoms with E-state index in [1.165, 1.54) is 4.94 Å². The molecule has 0 rings (SSSR count).